The lowest BCUT2D eigenvalue weighted by Gasteiger charge is -2.31. The van der Waals surface area contributed by atoms with Gasteiger partial charge in [-0.05, 0) is 76.2 Å². The molecule has 0 atom stereocenters. The van der Waals surface area contributed by atoms with Gasteiger partial charge in [0, 0.05) is 18.0 Å². The van der Waals surface area contributed by atoms with Crippen LogP contribution in [0.25, 0.3) is 11.0 Å². The van der Waals surface area contributed by atoms with Crippen LogP contribution in [-0.2, 0) is 13.0 Å². The number of likely N-dealkylation sites (tertiary alicyclic amines) is 1. The molecule has 0 saturated carbocycles. The number of rotatable bonds is 7. The molecule has 1 aliphatic heterocycles. The van der Waals surface area contributed by atoms with E-state index in [0.29, 0.717) is 0 Å². The molecule has 148 valence electrons. The van der Waals surface area contributed by atoms with Crippen molar-refractivity contribution < 1.29 is 9.26 Å². The average Bonchev–Trinajstić information content (AvgIpc) is 3.10. The van der Waals surface area contributed by atoms with E-state index in [-0.39, 0.29) is 6.10 Å². The van der Waals surface area contributed by atoms with Crippen molar-refractivity contribution in [1.82, 2.24) is 10.1 Å². The Balaban J connectivity index is 1.28. The Hall–Kier alpha value is -2.33. The summed E-state index contributed by atoms with van der Waals surface area (Å²) in [6.07, 6.45) is 4.88. The number of ether oxygens (including phenoxy) is 1. The lowest BCUT2D eigenvalue weighted by Crippen LogP contribution is -2.33. The molecule has 28 heavy (non-hydrogen) atoms. The Labute approximate surface area is 167 Å². The largest absolute Gasteiger partial charge is 0.491 e. The van der Waals surface area contributed by atoms with E-state index >= 15 is 0 Å². The molecule has 1 saturated heterocycles. The summed E-state index contributed by atoms with van der Waals surface area (Å²) >= 11 is 0. The molecule has 4 nitrogen and oxygen atoms in total. The zero-order valence-corrected chi connectivity index (χ0v) is 16.9. The lowest BCUT2D eigenvalue weighted by atomic mass is 9.91. The van der Waals surface area contributed by atoms with Crippen molar-refractivity contribution >= 4 is 11.0 Å². The van der Waals surface area contributed by atoms with Crippen LogP contribution in [0, 0.1) is 5.92 Å². The number of hydrogen-bond donors (Lipinski definition) is 0. The number of nitrogens with zero attached hydrogens (tertiary/aromatic N) is 2. The number of piperidine rings is 1. The number of fused-ring (bicyclic) bond motifs is 1. The third-order valence-corrected chi connectivity index (χ3v) is 5.64. The highest BCUT2D eigenvalue weighted by atomic mass is 16.5. The second kappa shape index (κ2) is 8.78. The molecule has 0 spiro atoms. The quantitative estimate of drug-likeness (QED) is 0.547. The highest BCUT2D eigenvalue weighted by Crippen LogP contribution is 2.28. The maximum Gasteiger partial charge on any atom is 0.170 e. The molecule has 0 aliphatic carbocycles. The van der Waals surface area contributed by atoms with Crippen molar-refractivity contribution in [3.05, 3.63) is 59.8 Å². The summed E-state index contributed by atoms with van der Waals surface area (Å²) in [5, 5.41) is 5.45. The summed E-state index contributed by atoms with van der Waals surface area (Å²) in [5.74, 6) is 1.62. The van der Waals surface area contributed by atoms with Crippen LogP contribution in [0.4, 0.5) is 0 Å². The van der Waals surface area contributed by atoms with Crippen LogP contribution in [0.5, 0.6) is 5.75 Å². The van der Waals surface area contributed by atoms with E-state index in [1.54, 1.807) is 0 Å². The Kier molecular flexibility index (Phi) is 5.96. The predicted molar refractivity (Wildman–Crippen MR) is 113 cm³/mol. The van der Waals surface area contributed by atoms with Gasteiger partial charge in [-0.1, -0.05) is 35.5 Å². The highest BCUT2D eigenvalue weighted by molar-refractivity contribution is 5.80. The third-order valence-electron chi connectivity index (χ3n) is 5.64. The van der Waals surface area contributed by atoms with Crippen LogP contribution < -0.4 is 4.74 Å². The molecule has 1 aliphatic rings. The molecule has 3 aromatic rings. The topological polar surface area (TPSA) is 38.5 Å². The molecule has 1 fully saturated rings. The van der Waals surface area contributed by atoms with Crippen LogP contribution in [0.3, 0.4) is 0 Å². The second-order valence-electron chi connectivity index (χ2n) is 8.20. The van der Waals surface area contributed by atoms with Gasteiger partial charge >= 0.3 is 0 Å². The molecule has 0 N–H and O–H groups in total. The molecule has 4 rings (SSSR count). The summed E-state index contributed by atoms with van der Waals surface area (Å²) in [5.41, 5.74) is 3.32. The third kappa shape index (κ3) is 4.74. The fourth-order valence-corrected chi connectivity index (χ4v) is 4.11. The molecule has 0 bridgehead atoms. The highest BCUT2D eigenvalue weighted by Gasteiger charge is 2.20. The fraction of sp³-hybridized carbons (Fsp3) is 0.458. The molecular weight excluding hydrogens is 348 g/mol. The van der Waals surface area contributed by atoms with Crippen molar-refractivity contribution in [3.63, 3.8) is 0 Å². The van der Waals surface area contributed by atoms with Crippen LogP contribution in [0.2, 0.25) is 0 Å². The molecule has 2 aromatic carbocycles. The SMILES string of the molecule is CC(C)Oc1ccc2c(CCC3CCN(Cc4ccccc4)CC3)noc2c1. The Bertz CT molecular complexity index is 880. The van der Waals surface area contributed by atoms with Crippen LogP contribution in [-0.4, -0.2) is 29.3 Å². The van der Waals surface area contributed by atoms with E-state index in [4.69, 9.17) is 9.26 Å². The molecular formula is C24H30N2O2. The van der Waals surface area contributed by atoms with Gasteiger partial charge in [-0.2, -0.15) is 0 Å². The molecule has 1 aromatic heterocycles. The first-order valence-corrected chi connectivity index (χ1v) is 10.5. The van der Waals surface area contributed by atoms with Gasteiger partial charge in [-0.25, -0.2) is 0 Å². The summed E-state index contributed by atoms with van der Waals surface area (Å²) < 4.78 is 11.3. The Morgan fingerprint density at radius 1 is 1.11 bits per heavy atom. The minimum Gasteiger partial charge on any atom is -0.491 e. The van der Waals surface area contributed by atoms with Gasteiger partial charge in [0.15, 0.2) is 5.58 Å². The minimum atomic E-state index is 0.160. The van der Waals surface area contributed by atoms with E-state index < -0.39 is 0 Å². The second-order valence-corrected chi connectivity index (χ2v) is 8.20. The summed E-state index contributed by atoms with van der Waals surface area (Å²) in [4.78, 5) is 2.58. The Morgan fingerprint density at radius 3 is 2.64 bits per heavy atom. The van der Waals surface area contributed by atoms with Gasteiger partial charge in [0.05, 0.1) is 11.8 Å². The van der Waals surface area contributed by atoms with E-state index in [0.717, 1.165) is 41.3 Å². The van der Waals surface area contributed by atoms with E-state index in [9.17, 15) is 0 Å². The van der Waals surface area contributed by atoms with E-state index in [2.05, 4.69) is 46.5 Å². The van der Waals surface area contributed by atoms with Crippen molar-refractivity contribution in [3.8, 4) is 5.75 Å². The number of aryl methyl sites for hydroxylation is 1. The van der Waals surface area contributed by atoms with Gasteiger partial charge in [0.2, 0.25) is 0 Å². The number of hydrogen-bond acceptors (Lipinski definition) is 4. The smallest absolute Gasteiger partial charge is 0.170 e. The van der Waals surface area contributed by atoms with Crippen LogP contribution in [0.15, 0.2) is 53.1 Å². The normalized spacial score (nSPS) is 16.1. The first kappa shape index (κ1) is 19.0. The average molecular weight is 379 g/mol. The first-order valence-electron chi connectivity index (χ1n) is 10.5. The summed E-state index contributed by atoms with van der Waals surface area (Å²) in [6, 6.07) is 16.8. The van der Waals surface area contributed by atoms with Crippen molar-refractivity contribution in [2.75, 3.05) is 13.1 Å². The minimum absolute atomic E-state index is 0.160. The maximum absolute atomic E-state index is 5.75. The predicted octanol–water partition coefficient (Wildman–Crippen LogP) is 5.46. The van der Waals surface area contributed by atoms with Crippen molar-refractivity contribution in [2.24, 2.45) is 5.92 Å². The van der Waals surface area contributed by atoms with Crippen molar-refractivity contribution in [1.29, 1.82) is 0 Å². The molecule has 0 radical (unpaired) electrons. The van der Waals surface area contributed by atoms with Gasteiger partial charge in [-0.15, -0.1) is 0 Å². The fourth-order valence-electron chi connectivity index (χ4n) is 4.11. The van der Waals surface area contributed by atoms with E-state index in [1.165, 1.54) is 37.9 Å². The summed E-state index contributed by atoms with van der Waals surface area (Å²) in [6.45, 7) is 7.51. The zero-order valence-electron chi connectivity index (χ0n) is 16.9. The van der Waals surface area contributed by atoms with E-state index in [1.807, 2.05) is 26.0 Å². The van der Waals surface area contributed by atoms with Crippen molar-refractivity contribution in [2.45, 2.75) is 52.2 Å². The first-order chi connectivity index (χ1) is 13.7. The molecule has 0 unspecified atom stereocenters. The van der Waals surface area contributed by atoms with Gasteiger partial charge < -0.3 is 9.26 Å². The zero-order chi connectivity index (χ0) is 19.3. The van der Waals surface area contributed by atoms with Gasteiger partial charge in [-0.3, -0.25) is 4.90 Å². The summed E-state index contributed by atoms with van der Waals surface area (Å²) in [7, 11) is 0. The standard InChI is InChI=1S/C24H30N2O2/c1-18(2)27-21-9-10-22-23(25-28-24(22)16-21)11-8-19-12-14-26(15-13-19)17-20-6-4-3-5-7-20/h3-7,9-10,16,18-19H,8,11-15,17H2,1-2H3. The van der Waals surface area contributed by atoms with Crippen LogP contribution in [0.1, 0.15) is 44.4 Å². The Morgan fingerprint density at radius 2 is 1.89 bits per heavy atom. The van der Waals surface area contributed by atoms with Gasteiger partial charge in [0.25, 0.3) is 0 Å². The molecule has 2 heterocycles. The maximum atomic E-state index is 5.75. The number of benzene rings is 2. The molecule has 0 amide bonds. The van der Waals surface area contributed by atoms with Crippen LogP contribution >= 0.6 is 0 Å². The monoisotopic (exact) mass is 378 g/mol. The van der Waals surface area contributed by atoms with Gasteiger partial charge in [0.1, 0.15) is 5.75 Å². The molecule has 4 heteroatoms. The number of aromatic nitrogens is 1. The lowest BCUT2D eigenvalue weighted by molar-refractivity contribution is 0.172.